The largest absolute Gasteiger partial charge is 0.490 e. The molecule has 3 amide bonds. The van der Waals surface area contributed by atoms with E-state index in [1.807, 2.05) is 79.7 Å². The van der Waals surface area contributed by atoms with Crippen LogP contribution in [0.2, 0.25) is 0 Å². The van der Waals surface area contributed by atoms with Gasteiger partial charge in [-0.3, -0.25) is 19.3 Å². The first kappa shape index (κ1) is 28.7. The second kappa shape index (κ2) is 13.2. The van der Waals surface area contributed by atoms with Gasteiger partial charge in [0.15, 0.2) is 11.5 Å². The van der Waals surface area contributed by atoms with E-state index in [1.54, 1.807) is 24.3 Å². The van der Waals surface area contributed by atoms with Gasteiger partial charge >= 0.3 is 0 Å². The molecule has 0 atom stereocenters. The smallest absolute Gasteiger partial charge is 0.294 e. The van der Waals surface area contributed by atoms with Crippen LogP contribution in [0.1, 0.15) is 23.6 Å². The molecule has 0 spiro atoms. The highest BCUT2D eigenvalue weighted by atomic mass is 32.2. The van der Waals surface area contributed by atoms with Crippen molar-refractivity contribution in [3.8, 4) is 11.5 Å². The molecule has 0 aromatic heterocycles. The van der Waals surface area contributed by atoms with E-state index in [0.29, 0.717) is 42.4 Å². The van der Waals surface area contributed by atoms with Crippen molar-refractivity contribution in [2.75, 3.05) is 18.5 Å². The van der Waals surface area contributed by atoms with Crippen LogP contribution in [0, 0.1) is 0 Å². The molecule has 1 fully saturated rings. The summed E-state index contributed by atoms with van der Waals surface area (Å²) in [7, 11) is 0. The van der Waals surface area contributed by atoms with Gasteiger partial charge in [0.2, 0.25) is 5.91 Å². The fourth-order valence-corrected chi connectivity index (χ4v) is 5.52. The highest BCUT2D eigenvalue weighted by Crippen LogP contribution is 2.38. The van der Waals surface area contributed by atoms with Crippen molar-refractivity contribution in [1.82, 2.24) is 4.90 Å². The number of nitrogens with one attached hydrogen (secondary N) is 1. The molecule has 0 radical (unpaired) electrons. The van der Waals surface area contributed by atoms with Crippen LogP contribution in [0.25, 0.3) is 16.8 Å². The number of benzene rings is 4. The average Bonchev–Trinajstić information content (AvgIpc) is 3.25. The Kier molecular flexibility index (Phi) is 9.04. The third-order valence-electron chi connectivity index (χ3n) is 6.58. The summed E-state index contributed by atoms with van der Waals surface area (Å²) in [5.74, 6) is 0.163. The number of anilines is 1. The number of fused-ring (bicyclic) bond motifs is 1. The van der Waals surface area contributed by atoms with Crippen LogP contribution in [-0.2, 0) is 22.6 Å². The van der Waals surface area contributed by atoms with Crippen LogP contribution >= 0.6 is 11.8 Å². The van der Waals surface area contributed by atoms with Gasteiger partial charge in [0.1, 0.15) is 13.2 Å². The second-order valence-electron chi connectivity index (χ2n) is 9.55. The second-order valence-corrected chi connectivity index (χ2v) is 10.5. The monoisotopic (exact) mass is 578 g/mol. The van der Waals surface area contributed by atoms with Crippen LogP contribution in [0.15, 0.2) is 102 Å². The first-order chi connectivity index (χ1) is 20.5. The Morgan fingerprint density at radius 3 is 2.52 bits per heavy atom. The Hall–Kier alpha value is -4.82. The van der Waals surface area contributed by atoms with Gasteiger partial charge in [0, 0.05) is 16.6 Å². The zero-order chi connectivity index (χ0) is 29.5. The lowest BCUT2D eigenvalue weighted by atomic mass is 10.0. The maximum Gasteiger partial charge on any atom is 0.294 e. The van der Waals surface area contributed by atoms with Crippen LogP contribution < -0.4 is 14.8 Å². The normalized spacial score (nSPS) is 13.9. The van der Waals surface area contributed by atoms with E-state index in [1.165, 1.54) is 0 Å². The maximum absolute atomic E-state index is 13.2. The molecule has 0 bridgehead atoms. The summed E-state index contributed by atoms with van der Waals surface area (Å²) >= 11 is 0.804. The molecule has 5 rings (SSSR count). The number of carbonyl (C=O) groups is 3. The zero-order valence-corrected chi connectivity index (χ0v) is 24.0. The van der Waals surface area contributed by atoms with Crippen molar-refractivity contribution >= 4 is 51.4 Å². The van der Waals surface area contributed by atoms with E-state index in [9.17, 15) is 14.4 Å². The molecule has 1 heterocycles. The number of allylic oxidation sites excluding steroid dienone is 1. The molecule has 212 valence electrons. The highest BCUT2D eigenvalue weighted by Gasteiger charge is 2.36. The maximum atomic E-state index is 13.2. The van der Waals surface area contributed by atoms with Crippen molar-refractivity contribution in [2.24, 2.45) is 0 Å². The van der Waals surface area contributed by atoms with E-state index >= 15 is 0 Å². The number of hydrogen-bond acceptors (Lipinski definition) is 6. The molecular weight excluding hydrogens is 548 g/mol. The number of ether oxygens (including phenoxy) is 2. The predicted octanol–water partition coefficient (Wildman–Crippen LogP) is 7.22. The summed E-state index contributed by atoms with van der Waals surface area (Å²) in [6, 6.07) is 26.8. The summed E-state index contributed by atoms with van der Waals surface area (Å²) in [4.78, 5) is 40.1. The van der Waals surface area contributed by atoms with Crippen molar-refractivity contribution in [3.63, 3.8) is 0 Å². The quantitative estimate of drug-likeness (QED) is 0.149. The van der Waals surface area contributed by atoms with E-state index < -0.39 is 17.1 Å². The van der Waals surface area contributed by atoms with E-state index in [4.69, 9.17) is 9.47 Å². The number of nitrogens with zero attached hydrogens (tertiary/aromatic N) is 1. The molecule has 0 aliphatic carbocycles. The number of thioether (sulfide) groups is 1. The number of hydrogen-bond donors (Lipinski definition) is 1. The number of imide groups is 1. The molecule has 7 nitrogen and oxygen atoms in total. The number of amides is 3. The van der Waals surface area contributed by atoms with Crippen molar-refractivity contribution in [1.29, 1.82) is 0 Å². The molecular formula is C34H30N2O5S. The number of carbonyl (C=O) groups excluding carboxylic acids is 3. The standard InChI is InChI=1S/C34H30N2O5S/c1-3-11-26-18-24(19-29(40-4-2)32(26)41-22-23-12-6-5-7-13-23)20-30-33(38)36(34(39)42-30)21-31(37)35-28-17-10-15-25-14-8-9-16-27(25)28/h3,5-10,12-20H,1,4,11,21-22H2,2H3,(H,35,37)/b30-20-. The summed E-state index contributed by atoms with van der Waals surface area (Å²) < 4.78 is 12.1. The molecule has 42 heavy (non-hydrogen) atoms. The van der Waals surface area contributed by atoms with E-state index in [0.717, 1.165) is 38.6 Å². The van der Waals surface area contributed by atoms with Crippen LogP contribution in [-0.4, -0.2) is 35.1 Å². The average molecular weight is 579 g/mol. The molecule has 1 aliphatic heterocycles. The molecule has 1 N–H and O–H groups in total. The molecule has 4 aromatic carbocycles. The van der Waals surface area contributed by atoms with Crippen molar-refractivity contribution in [2.45, 2.75) is 20.0 Å². The lowest BCUT2D eigenvalue weighted by molar-refractivity contribution is -0.127. The minimum absolute atomic E-state index is 0.225. The molecule has 4 aromatic rings. The van der Waals surface area contributed by atoms with Gasteiger partial charge in [-0.15, -0.1) is 6.58 Å². The van der Waals surface area contributed by atoms with Gasteiger partial charge in [-0.05, 0) is 65.9 Å². The Morgan fingerprint density at radius 1 is 0.976 bits per heavy atom. The lowest BCUT2D eigenvalue weighted by Crippen LogP contribution is -2.36. The zero-order valence-electron chi connectivity index (χ0n) is 23.2. The van der Waals surface area contributed by atoms with Crippen LogP contribution in [0.3, 0.4) is 0 Å². The lowest BCUT2D eigenvalue weighted by Gasteiger charge is -2.17. The summed E-state index contributed by atoms with van der Waals surface area (Å²) in [6.45, 7) is 6.15. The van der Waals surface area contributed by atoms with Crippen molar-refractivity contribution in [3.05, 3.63) is 119 Å². The Balaban J connectivity index is 1.35. The van der Waals surface area contributed by atoms with Crippen molar-refractivity contribution < 1.29 is 23.9 Å². The topological polar surface area (TPSA) is 84.9 Å². The molecule has 8 heteroatoms. The van der Waals surface area contributed by atoms with E-state index in [2.05, 4.69) is 11.9 Å². The van der Waals surface area contributed by atoms with Gasteiger partial charge in [0.05, 0.1) is 11.5 Å². The Labute approximate surface area is 248 Å². The fourth-order valence-electron chi connectivity index (χ4n) is 4.69. The van der Waals surface area contributed by atoms with Gasteiger partial charge in [-0.25, -0.2) is 0 Å². The van der Waals surface area contributed by atoms with Gasteiger partial charge in [-0.1, -0.05) is 72.8 Å². The SMILES string of the molecule is C=CCc1cc(/C=C2\SC(=O)N(CC(=O)Nc3cccc4ccccc34)C2=O)cc(OCC)c1OCc1ccccc1. The van der Waals surface area contributed by atoms with Gasteiger partial charge in [-0.2, -0.15) is 0 Å². The minimum atomic E-state index is -0.522. The first-order valence-corrected chi connectivity index (χ1v) is 14.4. The summed E-state index contributed by atoms with van der Waals surface area (Å²) in [5, 5.41) is 4.18. The molecule has 0 unspecified atom stereocenters. The van der Waals surface area contributed by atoms with E-state index in [-0.39, 0.29) is 11.4 Å². The van der Waals surface area contributed by atoms with Gasteiger partial charge in [0.25, 0.3) is 11.1 Å². The Bertz CT molecular complexity index is 1680. The Morgan fingerprint density at radius 2 is 1.74 bits per heavy atom. The molecule has 0 saturated carbocycles. The fraction of sp³-hybridized carbons (Fsp3) is 0.147. The third kappa shape index (κ3) is 6.56. The first-order valence-electron chi connectivity index (χ1n) is 13.6. The minimum Gasteiger partial charge on any atom is -0.490 e. The third-order valence-corrected chi connectivity index (χ3v) is 7.49. The summed E-state index contributed by atoms with van der Waals surface area (Å²) in [6.07, 6.45) is 3.93. The predicted molar refractivity (Wildman–Crippen MR) is 168 cm³/mol. The molecule has 1 saturated heterocycles. The summed E-state index contributed by atoms with van der Waals surface area (Å²) in [5.41, 5.74) is 3.15. The van der Waals surface area contributed by atoms with Gasteiger partial charge < -0.3 is 14.8 Å². The highest BCUT2D eigenvalue weighted by molar-refractivity contribution is 8.18. The molecule has 1 aliphatic rings. The van der Waals surface area contributed by atoms with Crippen LogP contribution in [0.5, 0.6) is 11.5 Å². The van der Waals surface area contributed by atoms with Crippen LogP contribution in [0.4, 0.5) is 10.5 Å². The number of rotatable bonds is 11.